The van der Waals surface area contributed by atoms with Crippen LogP contribution in [0.3, 0.4) is 0 Å². The summed E-state index contributed by atoms with van der Waals surface area (Å²) in [6.07, 6.45) is -0.849. The molecule has 0 radical (unpaired) electrons. The standard InChI is InChI=1S/C25H27F3N4O2/c1-17-22(15-30-32(17)20-9-6-8-19(14-20)25(26,27)28)24(33)29-16-23(31-11-3-4-12-31)18-7-5-10-21(13-18)34-2/h5-10,13-15,23H,3-4,11-12,16H2,1-2H3,(H,29,33). The van der Waals surface area contributed by atoms with Gasteiger partial charge in [-0.3, -0.25) is 9.69 Å². The van der Waals surface area contributed by atoms with Gasteiger partial charge in [0.25, 0.3) is 5.91 Å². The Kier molecular flexibility index (Phi) is 6.92. The van der Waals surface area contributed by atoms with E-state index in [-0.39, 0.29) is 17.6 Å². The molecule has 1 atom stereocenters. The van der Waals surface area contributed by atoms with Crippen molar-refractivity contribution in [2.45, 2.75) is 32.0 Å². The zero-order chi connectivity index (χ0) is 24.3. The topological polar surface area (TPSA) is 59.4 Å². The first-order chi connectivity index (χ1) is 16.3. The highest BCUT2D eigenvalue weighted by Crippen LogP contribution is 2.31. The first kappa shape index (κ1) is 23.8. The minimum atomic E-state index is -4.46. The lowest BCUT2D eigenvalue weighted by atomic mass is 10.0. The summed E-state index contributed by atoms with van der Waals surface area (Å²) >= 11 is 0. The van der Waals surface area contributed by atoms with Crippen molar-refractivity contribution < 1.29 is 22.7 Å². The minimum absolute atomic E-state index is 0.0135. The van der Waals surface area contributed by atoms with E-state index < -0.39 is 11.7 Å². The van der Waals surface area contributed by atoms with Gasteiger partial charge in [-0.05, 0) is 68.8 Å². The molecule has 0 spiro atoms. The quantitative estimate of drug-likeness (QED) is 0.538. The lowest BCUT2D eigenvalue weighted by Gasteiger charge is -2.28. The van der Waals surface area contributed by atoms with Crippen LogP contribution in [0.5, 0.6) is 5.75 Å². The Labute approximate surface area is 196 Å². The van der Waals surface area contributed by atoms with E-state index in [0.717, 1.165) is 49.4 Å². The average molecular weight is 473 g/mol. The van der Waals surface area contributed by atoms with Gasteiger partial charge >= 0.3 is 6.18 Å². The number of aromatic nitrogens is 2. The fraction of sp³-hybridized carbons (Fsp3) is 0.360. The molecule has 0 saturated carbocycles. The van der Waals surface area contributed by atoms with E-state index in [0.29, 0.717) is 17.8 Å². The summed E-state index contributed by atoms with van der Waals surface area (Å²) in [7, 11) is 1.62. The molecule has 2 aromatic carbocycles. The summed E-state index contributed by atoms with van der Waals surface area (Å²) in [4.78, 5) is 15.4. The van der Waals surface area contributed by atoms with Crippen LogP contribution in [0.2, 0.25) is 0 Å². The van der Waals surface area contributed by atoms with E-state index >= 15 is 0 Å². The molecule has 4 rings (SSSR count). The summed E-state index contributed by atoms with van der Waals surface area (Å²) in [5.41, 5.74) is 1.33. The van der Waals surface area contributed by atoms with Gasteiger partial charge in [-0.2, -0.15) is 18.3 Å². The number of nitrogens with one attached hydrogen (secondary N) is 1. The highest BCUT2D eigenvalue weighted by Gasteiger charge is 2.31. The maximum atomic E-state index is 13.1. The molecule has 1 N–H and O–H groups in total. The van der Waals surface area contributed by atoms with Crippen molar-refractivity contribution in [2.24, 2.45) is 0 Å². The van der Waals surface area contributed by atoms with E-state index in [2.05, 4.69) is 15.3 Å². The van der Waals surface area contributed by atoms with Gasteiger partial charge in [-0.15, -0.1) is 0 Å². The van der Waals surface area contributed by atoms with Crippen LogP contribution in [0.25, 0.3) is 5.69 Å². The Balaban J connectivity index is 1.52. The third-order valence-corrected chi connectivity index (χ3v) is 6.19. The number of methoxy groups -OCH3 is 1. The van der Waals surface area contributed by atoms with Crippen LogP contribution >= 0.6 is 0 Å². The normalized spacial score (nSPS) is 15.3. The molecular formula is C25H27F3N4O2. The molecule has 2 heterocycles. The number of benzene rings is 2. The first-order valence-electron chi connectivity index (χ1n) is 11.2. The Morgan fingerprint density at radius 3 is 2.59 bits per heavy atom. The number of hydrogen-bond acceptors (Lipinski definition) is 4. The molecule has 34 heavy (non-hydrogen) atoms. The maximum Gasteiger partial charge on any atom is 0.416 e. The van der Waals surface area contributed by atoms with E-state index in [1.54, 1.807) is 14.0 Å². The van der Waals surface area contributed by atoms with Crippen LogP contribution in [0.15, 0.2) is 54.7 Å². The Bertz CT molecular complexity index is 1150. The number of carbonyl (C=O) groups is 1. The second-order valence-corrected chi connectivity index (χ2v) is 8.35. The van der Waals surface area contributed by atoms with Crippen molar-refractivity contribution in [3.63, 3.8) is 0 Å². The zero-order valence-corrected chi connectivity index (χ0v) is 19.1. The number of alkyl halides is 3. The minimum Gasteiger partial charge on any atom is -0.497 e. The van der Waals surface area contributed by atoms with Crippen molar-refractivity contribution in [3.05, 3.63) is 77.1 Å². The third-order valence-electron chi connectivity index (χ3n) is 6.19. The number of ether oxygens (including phenoxy) is 1. The lowest BCUT2D eigenvalue weighted by Crippen LogP contribution is -2.37. The van der Waals surface area contributed by atoms with Gasteiger partial charge in [-0.1, -0.05) is 18.2 Å². The lowest BCUT2D eigenvalue weighted by molar-refractivity contribution is -0.137. The van der Waals surface area contributed by atoms with E-state index in [1.807, 2.05) is 24.3 Å². The highest BCUT2D eigenvalue weighted by molar-refractivity contribution is 5.95. The summed E-state index contributed by atoms with van der Waals surface area (Å²) in [5.74, 6) is 0.439. The molecule has 1 fully saturated rings. The van der Waals surface area contributed by atoms with Gasteiger partial charge in [0.2, 0.25) is 0 Å². The van der Waals surface area contributed by atoms with Crippen LogP contribution in [-0.4, -0.2) is 47.3 Å². The van der Waals surface area contributed by atoms with Crippen LogP contribution in [0, 0.1) is 6.92 Å². The molecule has 180 valence electrons. The van der Waals surface area contributed by atoms with Crippen LogP contribution < -0.4 is 10.1 Å². The summed E-state index contributed by atoms with van der Waals surface area (Å²) in [6.45, 7) is 3.96. The number of hydrogen-bond donors (Lipinski definition) is 1. The molecular weight excluding hydrogens is 445 g/mol. The number of amides is 1. The summed E-state index contributed by atoms with van der Waals surface area (Å²) in [6, 6.07) is 12.7. The van der Waals surface area contributed by atoms with E-state index in [4.69, 9.17) is 4.74 Å². The zero-order valence-electron chi connectivity index (χ0n) is 19.1. The summed E-state index contributed by atoms with van der Waals surface area (Å²) in [5, 5.41) is 7.18. The van der Waals surface area contributed by atoms with Gasteiger partial charge in [-0.25, -0.2) is 4.68 Å². The van der Waals surface area contributed by atoms with Gasteiger partial charge in [0, 0.05) is 6.54 Å². The molecule has 1 aliphatic heterocycles. The van der Waals surface area contributed by atoms with E-state index in [1.165, 1.54) is 23.0 Å². The van der Waals surface area contributed by atoms with Crippen LogP contribution in [0.1, 0.15) is 46.1 Å². The van der Waals surface area contributed by atoms with Crippen molar-refractivity contribution >= 4 is 5.91 Å². The molecule has 0 bridgehead atoms. The number of nitrogens with zero attached hydrogens (tertiary/aromatic N) is 3. The monoisotopic (exact) mass is 472 g/mol. The van der Waals surface area contributed by atoms with Gasteiger partial charge in [0.1, 0.15) is 5.75 Å². The predicted octanol–water partition coefficient (Wildman–Crippen LogP) is 4.78. The van der Waals surface area contributed by atoms with Crippen LogP contribution in [0.4, 0.5) is 13.2 Å². The molecule has 1 unspecified atom stereocenters. The van der Waals surface area contributed by atoms with Gasteiger partial charge in [0.15, 0.2) is 0 Å². The SMILES string of the molecule is COc1cccc(C(CNC(=O)c2cnn(-c3cccc(C(F)(F)F)c3)c2C)N2CCCC2)c1. The Morgan fingerprint density at radius 2 is 1.88 bits per heavy atom. The van der Waals surface area contributed by atoms with Crippen molar-refractivity contribution in [2.75, 3.05) is 26.7 Å². The van der Waals surface area contributed by atoms with Gasteiger partial charge in [0.05, 0.1) is 41.9 Å². The maximum absolute atomic E-state index is 13.1. The van der Waals surface area contributed by atoms with E-state index in [9.17, 15) is 18.0 Å². The molecule has 1 aliphatic rings. The second kappa shape index (κ2) is 9.89. The van der Waals surface area contributed by atoms with Crippen molar-refractivity contribution in [1.82, 2.24) is 20.0 Å². The van der Waals surface area contributed by atoms with Crippen molar-refractivity contribution in [3.8, 4) is 11.4 Å². The second-order valence-electron chi connectivity index (χ2n) is 8.35. The number of rotatable bonds is 7. The number of carbonyl (C=O) groups excluding carboxylic acids is 1. The summed E-state index contributed by atoms with van der Waals surface area (Å²) < 4.78 is 46.0. The Morgan fingerprint density at radius 1 is 1.15 bits per heavy atom. The molecule has 3 aromatic rings. The number of likely N-dealkylation sites (tertiary alicyclic amines) is 1. The first-order valence-corrected chi connectivity index (χ1v) is 11.2. The molecule has 0 aliphatic carbocycles. The molecule has 9 heteroatoms. The third kappa shape index (κ3) is 5.09. The highest BCUT2D eigenvalue weighted by atomic mass is 19.4. The fourth-order valence-electron chi connectivity index (χ4n) is 4.35. The number of halogens is 3. The smallest absolute Gasteiger partial charge is 0.416 e. The van der Waals surface area contributed by atoms with Crippen molar-refractivity contribution in [1.29, 1.82) is 0 Å². The molecule has 1 saturated heterocycles. The molecule has 6 nitrogen and oxygen atoms in total. The Hall–Kier alpha value is -3.33. The largest absolute Gasteiger partial charge is 0.497 e. The molecule has 1 aromatic heterocycles. The average Bonchev–Trinajstić information content (AvgIpc) is 3.49. The predicted molar refractivity (Wildman–Crippen MR) is 122 cm³/mol. The van der Waals surface area contributed by atoms with Crippen LogP contribution in [-0.2, 0) is 6.18 Å². The van der Waals surface area contributed by atoms with Gasteiger partial charge < -0.3 is 10.1 Å². The molecule has 1 amide bonds. The fourth-order valence-corrected chi connectivity index (χ4v) is 4.35.